The zero-order valence-corrected chi connectivity index (χ0v) is 17.1. The van der Waals surface area contributed by atoms with E-state index in [2.05, 4.69) is 65.0 Å². The van der Waals surface area contributed by atoms with E-state index in [1.807, 2.05) is 6.07 Å². The van der Waals surface area contributed by atoms with Crippen molar-refractivity contribution in [3.8, 4) is 11.4 Å². The first kappa shape index (κ1) is 19.4. The number of carbonyl (C=O) groups is 1. The molecule has 1 fully saturated rings. The number of fused-ring (bicyclic) bond motifs is 1. The molecule has 0 bridgehead atoms. The van der Waals surface area contributed by atoms with Gasteiger partial charge in [-0.2, -0.15) is 5.06 Å². The average Bonchev–Trinajstić information content (AvgIpc) is 3.11. The molecule has 0 spiro atoms. The summed E-state index contributed by atoms with van der Waals surface area (Å²) in [5.41, 5.74) is 9.28. The van der Waals surface area contributed by atoms with Crippen molar-refractivity contribution < 1.29 is 9.63 Å². The number of piperazine rings is 1. The number of para-hydroxylation sites is 1. The number of benzene rings is 2. The molecule has 0 radical (unpaired) electrons. The van der Waals surface area contributed by atoms with Crippen molar-refractivity contribution in [2.75, 3.05) is 31.1 Å². The predicted octanol–water partition coefficient (Wildman–Crippen LogP) is 3.18. The van der Waals surface area contributed by atoms with Crippen molar-refractivity contribution in [1.82, 2.24) is 15.0 Å². The highest BCUT2D eigenvalue weighted by Crippen LogP contribution is 2.26. The molecule has 1 saturated heterocycles. The van der Waals surface area contributed by atoms with Crippen LogP contribution in [0, 0.1) is 0 Å². The summed E-state index contributed by atoms with van der Waals surface area (Å²) in [6.07, 6.45) is 0. The van der Waals surface area contributed by atoms with E-state index in [1.54, 1.807) is 12.1 Å². The number of rotatable bonds is 4. The van der Waals surface area contributed by atoms with Gasteiger partial charge in [-0.3, -0.25) is 9.63 Å². The lowest BCUT2D eigenvalue weighted by atomic mass is 10.1. The largest absolute Gasteiger partial charge is 0.369 e. The van der Waals surface area contributed by atoms with Crippen LogP contribution in [0.1, 0.15) is 31.1 Å². The van der Waals surface area contributed by atoms with Gasteiger partial charge in [0, 0.05) is 37.4 Å². The third kappa shape index (κ3) is 4.26. The lowest BCUT2D eigenvalue weighted by Gasteiger charge is -2.38. The molecule has 7 heteroatoms. The molecule has 29 heavy (non-hydrogen) atoms. The van der Waals surface area contributed by atoms with Gasteiger partial charge in [0.05, 0.1) is 16.7 Å². The summed E-state index contributed by atoms with van der Waals surface area (Å²) in [5.74, 6) is 0.252. The summed E-state index contributed by atoms with van der Waals surface area (Å²) in [5, 5.41) is 2.05. The molecule has 3 N–H and O–H groups in total. The van der Waals surface area contributed by atoms with Crippen LogP contribution in [0.5, 0.6) is 0 Å². The molecular formula is C22H27N5O2. The molecule has 4 rings (SSSR count). The fourth-order valence-electron chi connectivity index (χ4n) is 3.62. The first-order valence-corrected chi connectivity index (χ1v) is 9.88. The predicted molar refractivity (Wildman–Crippen MR) is 115 cm³/mol. The van der Waals surface area contributed by atoms with Gasteiger partial charge in [-0.15, -0.1) is 0 Å². The third-order valence-electron chi connectivity index (χ3n) is 4.93. The summed E-state index contributed by atoms with van der Waals surface area (Å²) in [4.78, 5) is 27.8. The highest BCUT2D eigenvalue weighted by Gasteiger charge is 2.22. The topological polar surface area (TPSA) is 87.5 Å². The number of primary amides is 1. The molecule has 3 aromatic rings. The fraction of sp³-hybridized carbons (Fsp3) is 0.364. The van der Waals surface area contributed by atoms with Gasteiger partial charge in [-0.1, -0.05) is 6.07 Å². The zero-order valence-electron chi connectivity index (χ0n) is 17.1. The average molecular weight is 393 g/mol. The maximum Gasteiger partial charge on any atom is 0.250 e. The summed E-state index contributed by atoms with van der Waals surface area (Å²) in [6, 6.07) is 13.7. The van der Waals surface area contributed by atoms with Crippen LogP contribution in [-0.4, -0.2) is 52.7 Å². The van der Waals surface area contributed by atoms with E-state index < -0.39 is 5.91 Å². The summed E-state index contributed by atoms with van der Waals surface area (Å²) < 4.78 is 0. The van der Waals surface area contributed by atoms with Crippen molar-refractivity contribution in [3.05, 3.63) is 48.0 Å². The molecule has 0 saturated carbocycles. The van der Waals surface area contributed by atoms with Gasteiger partial charge in [0.1, 0.15) is 11.3 Å². The molecule has 0 atom stereocenters. The van der Waals surface area contributed by atoms with E-state index in [4.69, 9.17) is 10.6 Å². The number of amides is 1. The minimum absolute atomic E-state index is 0.162. The summed E-state index contributed by atoms with van der Waals surface area (Å²) >= 11 is 0. The minimum atomic E-state index is -0.474. The van der Waals surface area contributed by atoms with Crippen LogP contribution < -0.4 is 10.6 Å². The van der Waals surface area contributed by atoms with Crippen LogP contribution >= 0.6 is 0 Å². The normalized spacial score (nSPS) is 15.8. The Kier molecular flexibility index (Phi) is 5.02. The maximum atomic E-state index is 11.6. The number of anilines is 1. The number of hydrogen-bond donors (Lipinski definition) is 2. The Labute approximate surface area is 170 Å². The van der Waals surface area contributed by atoms with Gasteiger partial charge >= 0.3 is 0 Å². The molecule has 0 unspecified atom stereocenters. The van der Waals surface area contributed by atoms with Crippen LogP contribution in [0.15, 0.2) is 42.5 Å². The molecule has 2 heterocycles. The number of imidazole rings is 1. The maximum absolute atomic E-state index is 11.6. The number of aromatic amines is 1. The number of carbonyl (C=O) groups excluding carboxylic acids is 1. The van der Waals surface area contributed by atoms with Gasteiger partial charge in [-0.25, -0.2) is 4.98 Å². The van der Waals surface area contributed by atoms with Crippen LogP contribution in [0.25, 0.3) is 22.4 Å². The highest BCUT2D eigenvalue weighted by molar-refractivity contribution is 6.04. The standard InChI is InChI=1S/C22H27N5O2/c1-22(2,3)29-27-13-11-26(12-14-27)16-9-7-15(8-10-16)21-24-18-6-4-5-17(20(23)28)19(18)25-21/h4-10H,11-14H2,1-3H3,(H2,23,28)(H,24,25). The highest BCUT2D eigenvalue weighted by atomic mass is 16.7. The van der Waals surface area contributed by atoms with Crippen LogP contribution in [0.3, 0.4) is 0 Å². The first-order valence-electron chi connectivity index (χ1n) is 9.88. The van der Waals surface area contributed by atoms with Gasteiger partial charge in [0.2, 0.25) is 0 Å². The van der Waals surface area contributed by atoms with Crippen molar-refractivity contribution in [2.24, 2.45) is 5.73 Å². The molecular weight excluding hydrogens is 366 g/mol. The second kappa shape index (κ2) is 7.50. The molecule has 7 nitrogen and oxygen atoms in total. The number of nitrogens with zero attached hydrogens (tertiary/aromatic N) is 3. The zero-order chi connectivity index (χ0) is 20.6. The molecule has 1 amide bonds. The van der Waals surface area contributed by atoms with Crippen molar-refractivity contribution in [3.63, 3.8) is 0 Å². The molecule has 1 aromatic heterocycles. The van der Waals surface area contributed by atoms with Gasteiger partial charge < -0.3 is 15.6 Å². The van der Waals surface area contributed by atoms with Gasteiger partial charge in [0.25, 0.3) is 5.91 Å². The quantitative estimate of drug-likeness (QED) is 0.711. The van der Waals surface area contributed by atoms with Crippen LogP contribution in [0.4, 0.5) is 5.69 Å². The van der Waals surface area contributed by atoms with E-state index in [0.29, 0.717) is 11.1 Å². The third-order valence-corrected chi connectivity index (χ3v) is 4.93. The fourth-order valence-corrected chi connectivity index (χ4v) is 3.62. The van der Waals surface area contributed by atoms with E-state index in [9.17, 15) is 4.79 Å². The Morgan fingerprint density at radius 3 is 2.38 bits per heavy atom. The van der Waals surface area contributed by atoms with E-state index >= 15 is 0 Å². The molecule has 1 aliphatic heterocycles. The van der Waals surface area contributed by atoms with Crippen molar-refractivity contribution >= 4 is 22.6 Å². The smallest absolute Gasteiger partial charge is 0.250 e. The minimum Gasteiger partial charge on any atom is -0.369 e. The van der Waals surface area contributed by atoms with Crippen molar-refractivity contribution in [2.45, 2.75) is 26.4 Å². The number of nitrogens with one attached hydrogen (secondary N) is 1. The number of aromatic nitrogens is 2. The van der Waals surface area contributed by atoms with Crippen LogP contribution in [-0.2, 0) is 4.84 Å². The number of hydroxylamine groups is 2. The Bertz CT molecular complexity index is 1010. The lowest BCUT2D eigenvalue weighted by Crippen LogP contribution is -2.48. The molecule has 2 aromatic carbocycles. The number of hydrogen-bond acceptors (Lipinski definition) is 5. The second-order valence-electron chi connectivity index (χ2n) is 8.32. The van der Waals surface area contributed by atoms with Crippen LogP contribution in [0.2, 0.25) is 0 Å². The summed E-state index contributed by atoms with van der Waals surface area (Å²) in [7, 11) is 0. The van der Waals surface area contributed by atoms with E-state index in [0.717, 1.165) is 43.1 Å². The van der Waals surface area contributed by atoms with E-state index in [1.165, 1.54) is 5.69 Å². The van der Waals surface area contributed by atoms with Gasteiger partial charge in [-0.05, 0) is 57.2 Å². The number of H-pyrrole nitrogens is 1. The lowest BCUT2D eigenvalue weighted by molar-refractivity contribution is -0.230. The molecule has 0 aliphatic carbocycles. The SMILES string of the molecule is CC(C)(C)ON1CCN(c2ccc(-c3nc4c(C(N)=O)cccc4[nH]3)cc2)CC1. The second-order valence-corrected chi connectivity index (χ2v) is 8.32. The molecule has 1 aliphatic rings. The Balaban J connectivity index is 1.48. The summed E-state index contributed by atoms with van der Waals surface area (Å²) in [6.45, 7) is 9.80. The van der Waals surface area contributed by atoms with Crippen molar-refractivity contribution in [1.29, 1.82) is 0 Å². The Hall–Kier alpha value is -2.90. The Morgan fingerprint density at radius 1 is 1.07 bits per heavy atom. The van der Waals surface area contributed by atoms with E-state index in [-0.39, 0.29) is 5.60 Å². The first-order chi connectivity index (χ1) is 13.8. The Morgan fingerprint density at radius 2 is 1.76 bits per heavy atom. The monoisotopic (exact) mass is 393 g/mol. The van der Waals surface area contributed by atoms with Gasteiger partial charge in [0.15, 0.2) is 0 Å². The molecule has 152 valence electrons. The number of nitrogens with two attached hydrogens (primary N) is 1.